The topological polar surface area (TPSA) is 92.4 Å². The fourth-order valence-corrected chi connectivity index (χ4v) is 3.67. The van der Waals surface area contributed by atoms with Crippen molar-refractivity contribution < 1.29 is 9.59 Å². The van der Waals surface area contributed by atoms with Crippen LogP contribution in [-0.4, -0.2) is 58.3 Å². The highest BCUT2D eigenvalue weighted by Gasteiger charge is 2.25. The number of hydrogen-bond acceptors (Lipinski definition) is 5. The second kappa shape index (κ2) is 10.0. The summed E-state index contributed by atoms with van der Waals surface area (Å²) in [6.45, 7) is 2.10. The SMILES string of the molecule is CN(CCc1ccccn1)C(=O)CCC1CCCN(C(=O)c2ccc(N)nc2)C1. The molecule has 2 N–H and O–H groups in total. The van der Waals surface area contributed by atoms with Gasteiger partial charge in [0.15, 0.2) is 0 Å². The number of rotatable bonds is 7. The molecule has 1 aliphatic heterocycles. The molecule has 2 aromatic heterocycles. The van der Waals surface area contributed by atoms with E-state index in [1.54, 1.807) is 23.2 Å². The van der Waals surface area contributed by atoms with E-state index in [-0.39, 0.29) is 11.8 Å². The average molecular weight is 396 g/mol. The van der Waals surface area contributed by atoms with E-state index in [0.29, 0.717) is 36.8 Å². The molecule has 2 amide bonds. The van der Waals surface area contributed by atoms with Gasteiger partial charge in [-0.25, -0.2) is 4.98 Å². The number of likely N-dealkylation sites (tertiary alicyclic amines) is 1. The van der Waals surface area contributed by atoms with Crippen LogP contribution in [-0.2, 0) is 11.2 Å². The lowest BCUT2D eigenvalue weighted by Crippen LogP contribution is -2.40. The molecule has 1 fully saturated rings. The van der Waals surface area contributed by atoms with Gasteiger partial charge in [-0.05, 0) is 49.4 Å². The first kappa shape index (κ1) is 20.8. The number of nitrogen functional groups attached to an aromatic ring is 1. The van der Waals surface area contributed by atoms with Gasteiger partial charge in [-0.2, -0.15) is 0 Å². The van der Waals surface area contributed by atoms with Gasteiger partial charge in [0.2, 0.25) is 5.91 Å². The largest absolute Gasteiger partial charge is 0.384 e. The van der Waals surface area contributed by atoms with Gasteiger partial charge < -0.3 is 15.5 Å². The Labute approximate surface area is 171 Å². The van der Waals surface area contributed by atoms with Crippen LogP contribution in [0.2, 0.25) is 0 Å². The van der Waals surface area contributed by atoms with E-state index in [4.69, 9.17) is 5.73 Å². The number of carbonyl (C=O) groups is 2. The summed E-state index contributed by atoms with van der Waals surface area (Å²) in [5.74, 6) is 0.888. The first-order valence-corrected chi connectivity index (χ1v) is 10.2. The van der Waals surface area contributed by atoms with Crippen LogP contribution in [0.3, 0.4) is 0 Å². The quantitative estimate of drug-likeness (QED) is 0.777. The van der Waals surface area contributed by atoms with Gasteiger partial charge in [0.05, 0.1) is 5.56 Å². The molecule has 0 bridgehead atoms. The van der Waals surface area contributed by atoms with Gasteiger partial charge >= 0.3 is 0 Å². The Bertz CT molecular complexity index is 810. The molecule has 0 saturated carbocycles. The predicted molar refractivity (Wildman–Crippen MR) is 112 cm³/mol. The number of nitrogens with two attached hydrogens (primary N) is 1. The highest BCUT2D eigenvalue weighted by atomic mass is 16.2. The van der Waals surface area contributed by atoms with Gasteiger partial charge in [-0.15, -0.1) is 0 Å². The Morgan fingerprint density at radius 2 is 2.10 bits per heavy atom. The Hall–Kier alpha value is -2.96. The molecule has 3 heterocycles. The lowest BCUT2D eigenvalue weighted by molar-refractivity contribution is -0.130. The summed E-state index contributed by atoms with van der Waals surface area (Å²) < 4.78 is 0. The number of amides is 2. The minimum atomic E-state index is -0.0130. The molecule has 0 aromatic carbocycles. The first-order valence-electron chi connectivity index (χ1n) is 10.2. The molecular weight excluding hydrogens is 366 g/mol. The van der Waals surface area contributed by atoms with Crippen molar-refractivity contribution in [2.24, 2.45) is 5.92 Å². The van der Waals surface area contributed by atoms with Gasteiger partial charge in [0, 0.05) is 57.6 Å². The van der Waals surface area contributed by atoms with Crippen LogP contribution in [0.5, 0.6) is 0 Å². The summed E-state index contributed by atoms with van der Waals surface area (Å²) in [7, 11) is 1.84. The summed E-state index contributed by atoms with van der Waals surface area (Å²) in [5.41, 5.74) is 7.15. The van der Waals surface area contributed by atoms with Gasteiger partial charge in [-0.1, -0.05) is 6.07 Å². The third-order valence-electron chi connectivity index (χ3n) is 5.46. The first-order chi connectivity index (χ1) is 14.0. The molecule has 1 aliphatic rings. The Balaban J connectivity index is 1.44. The molecule has 7 heteroatoms. The summed E-state index contributed by atoms with van der Waals surface area (Å²) in [6.07, 6.45) is 7.38. The maximum Gasteiger partial charge on any atom is 0.255 e. The molecule has 1 saturated heterocycles. The van der Waals surface area contributed by atoms with Crippen LogP contribution in [0.1, 0.15) is 41.7 Å². The van der Waals surface area contributed by atoms with Crippen molar-refractivity contribution in [2.75, 3.05) is 32.4 Å². The van der Waals surface area contributed by atoms with Gasteiger partial charge in [-0.3, -0.25) is 14.6 Å². The predicted octanol–water partition coefficient (Wildman–Crippen LogP) is 2.39. The van der Waals surface area contributed by atoms with Crippen molar-refractivity contribution in [3.8, 4) is 0 Å². The maximum atomic E-state index is 12.7. The molecule has 1 atom stereocenters. The van der Waals surface area contributed by atoms with Crippen LogP contribution >= 0.6 is 0 Å². The Morgan fingerprint density at radius 1 is 1.24 bits per heavy atom. The molecule has 1 unspecified atom stereocenters. The molecule has 0 spiro atoms. The number of anilines is 1. The number of nitrogens with zero attached hydrogens (tertiary/aromatic N) is 4. The number of likely N-dealkylation sites (N-methyl/N-ethyl adjacent to an activating group) is 1. The third-order valence-corrected chi connectivity index (χ3v) is 5.46. The minimum Gasteiger partial charge on any atom is -0.384 e. The van der Waals surface area contributed by atoms with Gasteiger partial charge in [0.1, 0.15) is 5.82 Å². The van der Waals surface area contributed by atoms with Crippen LogP contribution in [0.15, 0.2) is 42.7 Å². The number of hydrogen-bond donors (Lipinski definition) is 1. The minimum absolute atomic E-state index is 0.0130. The normalized spacial score (nSPS) is 16.4. The smallest absolute Gasteiger partial charge is 0.255 e. The van der Waals surface area contributed by atoms with Crippen molar-refractivity contribution >= 4 is 17.6 Å². The van der Waals surface area contributed by atoms with Crippen molar-refractivity contribution in [1.82, 2.24) is 19.8 Å². The molecule has 0 aliphatic carbocycles. The van der Waals surface area contributed by atoms with Crippen LogP contribution in [0.4, 0.5) is 5.82 Å². The summed E-state index contributed by atoms with van der Waals surface area (Å²) >= 11 is 0. The zero-order valence-electron chi connectivity index (χ0n) is 17.0. The van der Waals surface area contributed by atoms with E-state index in [0.717, 1.165) is 37.9 Å². The lowest BCUT2D eigenvalue weighted by Gasteiger charge is -2.33. The monoisotopic (exact) mass is 395 g/mol. The Kier molecular flexibility index (Phi) is 7.16. The second-order valence-corrected chi connectivity index (χ2v) is 7.66. The lowest BCUT2D eigenvalue weighted by atomic mass is 9.92. The van der Waals surface area contributed by atoms with Crippen molar-refractivity contribution in [3.05, 3.63) is 54.0 Å². The summed E-state index contributed by atoms with van der Waals surface area (Å²) in [5, 5.41) is 0. The number of piperidine rings is 1. The van der Waals surface area contributed by atoms with Crippen molar-refractivity contribution in [2.45, 2.75) is 32.1 Å². The molecule has 154 valence electrons. The Morgan fingerprint density at radius 3 is 2.83 bits per heavy atom. The van der Waals surface area contributed by atoms with Crippen LogP contribution in [0, 0.1) is 5.92 Å². The van der Waals surface area contributed by atoms with Crippen LogP contribution in [0.25, 0.3) is 0 Å². The standard InChI is InChI=1S/C22H29N5O2/c1-26(14-11-19-6-2-3-12-24-19)21(28)10-7-17-5-4-13-27(16-17)22(29)18-8-9-20(23)25-15-18/h2-3,6,8-9,12,15,17H,4-5,7,10-11,13-14,16H2,1H3,(H2,23,25). The number of pyridine rings is 2. The summed E-state index contributed by atoms with van der Waals surface area (Å²) in [6, 6.07) is 9.19. The third kappa shape index (κ3) is 6.01. The zero-order valence-corrected chi connectivity index (χ0v) is 17.0. The highest BCUT2D eigenvalue weighted by molar-refractivity contribution is 5.94. The fourth-order valence-electron chi connectivity index (χ4n) is 3.67. The molecular formula is C22H29N5O2. The summed E-state index contributed by atoms with van der Waals surface area (Å²) in [4.78, 5) is 37.1. The van der Waals surface area contributed by atoms with Crippen molar-refractivity contribution in [3.63, 3.8) is 0 Å². The second-order valence-electron chi connectivity index (χ2n) is 7.66. The van der Waals surface area contributed by atoms with E-state index in [9.17, 15) is 9.59 Å². The van der Waals surface area contributed by atoms with E-state index < -0.39 is 0 Å². The molecule has 29 heavy (non-hydrogen) atoms. The van der Waals surface area contributed by atoms with Gasteiger partial charge in [0.25, 0.3) is 5.91 Å². The van der Waals surface area contributed by atoms with E-state index in [1.807, 2.05) is 30.1 Å². The molecule has 3 rings (SSSR count). The molecule has 0 radical (unpaired) electrons. The fraction of sp³-hybridized carbons (Fsp3) is 0.455. The van der Waals surface area contributed by atoms with E-state index >= 15 is 0 Å². The molecule has 7 nitrogen and oxygen atoms in total. The molecule has 2 aromatic rings. The average Bonchev–Trinajstić information content (AvgIpc) is 2.76. The van der Waals surface area contributed by atoms with E-state index in [2.05, 4.69) is 9.97 Å². The van der Waals surface area contributed by atoms with Crippen LogP contribution < -0.4 is 5.73 Å². The maximum absolute atomic E-state index is 12.7. The highest BCUT2D eigenvalue weighted by Crippen LogP contribution is 2.23. The number of carbonyl (C=O) groups excluding carboxylic acids is 2. The number of aromatic nitrogens is 2. The zero-order chi connectivity index (χ0) is 20.6. The van der Waals surface area contributed by atoms with E-state index in [1.165, 1.54) is 6.20 Å². The van der Waals surface area contributed by atoms with Crippen molar-refractivity contribution in [1.29, 1.82) is 0 Å².